The summed E-state index contributed by atoms with van der Waals surface area (Å²) in [6.45, 7) is 3.86. The Bertz CT molecular complexity index is 1560. The average Bonchev–Trinajstić information content (AvgIpc) is 3.27. The first-order valence-electron chi connectivity index (χ1n) is 11.1. The van der Waals surface area contributed by atoms with Crippen LogP contribution in [0.15, 0.2) is 83.0 Å². The monoisotopic (exact) mass is 464 g/mol. The van der Waals surface area contributed by atoms with Crippen LogP contribution in [0, 0.1) is 13.8 Å². The number of anilines is 1. The van der Waals surface area contributed by atoms with Crippen molar-refractivity contribution in [1.82, 2.24) is 15.0 Å². The van der Waals surface area contributed by atoms with Crippen LogP contribution in [0.4, 0.5) is 17.1 Å². The normalized spacial score (nSPS) is 11.5. The Morgan fingerprint density at radius 1 is 0.743 bits per heavy atom. The van der Waals surface area contributed by atoms with E-state index >= 15 is 0 Å². The number of para-hydroxylation sites is 1. The molecule has 4 aromatic carbocycles. The maximum atomic E-state index is 11.1. The molecule has 1 aromatic heterocycles. The molecule has 0 unspecified atom stereocenters. The third kappa shape index (κ3) is 4.41. The van der Waals surface area contributed by atoms with Crippen LogP contribution < -0.4 is 5.73 Å². The highest BCUT2D eigenvalue weighted by molar-refractivity contribution is 5.74. The van der Waals surface area contributed by atoms with Gasteiger partial charge in [-0.25, -0.2) is 0 Å². The third-order valence-corrected chi connectivity index (χ3v) is 5.71. The fourth-order valence-electron chi connectivity index (χ4n) is 4.02. The fraction of sp³-hybridized carbons (Fsp3) is 0.111. The molecule has 0 amide bonds. The summed E-state index contributed by atoms with van der Waals surface area (Å²) >= 11 is 0. The fourth-order valence-corrected chi connectivity index (χ4v) is 4.02. The van der Waals surface area contributed by atoms with E-state index in [2.05, 4.69) is 20.4 Å². The number of hydrogen-bond acceptors (Lipinski definition) is 7. The van der Waals surface area contributed by atoms with E-state index in [1.807, 2.05) is 68.4 Å². The minimum absolute atomic E-state index is 0.000684. The summed E-state index contributed by atoms with van der Waals surface area (Å²) in [6.07, 6.45) is 0.283. The molecule has 5 rings (SSSR count). The maximum absolute atomic E-state index is 11.1. The van der Waals surface area contributed by atoms with Crippen molar-refractivity contribution < 1.29 is 10.2 Å². The summed E-state index contributed by atoms with van der Waals surface area (Å²) in [5.41, 5.74) is 12.3. The van der Waals surface area contributed by atoms with Gasteiger partial charge >= 0.3 is 0 Å². The van der Waals surface area contributed by atoms with Crippen LogP contribution in [0.25, 0.3) is 16.7 Å². The highest BCUT2D eigenvalue weighted by atomic mass is 16.3. The molecule has 1 heterocycles. The Morgan fingerprint density at radius 3 is 2.00 bits per heavy atom. The van der Waals surface area contributed by atoms with Crippen LogP contribution in [0.2, 0.25) is 0 Å². The molecule has 4 N–H and O–H groups in total. The van der Waals surface area contributed by atoms with E-state index in [0.29, 0.717) is 33.9 Å². The summed E-state index contributed by atoms with van der Waals surface area (Å²) in [5.74, 6) is 0.0521. The van der Waals surface area contributed by atoms with Gasteiger partial charge in [-0.05, 0) is 61.4 Å². The van der Waals surface area contributed by atoms with Crippen LogP contribution in [0.1, 0.15) is 22.3 Å². The van der Waals surface area contributed by atoms with Crippen LogP contribution in [-0.4, -0.2) is 25.2 Å². The first-order chi connectivity index (χ1) is 16.9. The second-order valence-corrected chi connectivity index (χ2v) is 8.50. The molecule has 0 saturated heterocycles. The first-order valence-corrected chi connectivity index (χ1v) is 11.1. The number of phenols is 2. The largest absolute Gasteiger partial charge is 0.505 e. The number of hydrogen-bond donors (Lipinski definition) is 3. The quantitative estimate of drug-likeness (QED) is 0.216. The standard InChI is InChI=1S/C27H24N6O2/c1-16-11-18(26(34)24(13-16)30-29-21-8-4-3-7-20(21)28)15-19-12-17(2)14-25(27(19)35)33-31-22-9-5-6-10-23(22)32-33/h3-14,34-35H,15,28H2,1-2H3. The Hall–Kier alpha value is -4.72. The molecular weight excluding hydrogens is 440 g/mol. The molecule has 0 spiro atoms. The molecule has 8 heteroatoms. The van der Waals surface area contributed by atoms with Gasteiger partial charge in [0.15, 0.2) is 0 Å². The molecule has 0 saturated carbocycles. The summed E-state index contributed by atoms with van der Waals surface area (Å²) in [6, 6.07) is 22.0. The number of aromatic hydroxyl groups is 2. The van der Waals surface area contributed by atoms with E-state index in [4.69, 9.17) is 5.73 Å². The van der Waals surface area contributed by atoms with Gasteiger partial charge in [0.1, 0.15) is 39.6 Å². The third-order valence-electron chi connectivity index (χ3n) is 5.71. The lowest BCUT2D eigenvalue weighted by molar-refractivity contribution is 0.458. The predicted octanol–water partition coefficient (Wildman–Crippen LogP) is 6.04. The number of fused-ring (bicyclic) bond motifs is 1. The zero-order valence-corrected chi connectivity index (χ0v) is 19.3. The Kier molecular flexibility index (Phi) is 5.62. The van der Waals surface area contributed by atoms with Crippen molar-refractivity contribution >= 4 is 28.1 Å². The smallest absolute Gasteiger partial charge is 0.146 e. The van der Waals surface area contributed by atoms with Crippen molar-refractivity contribution in [3.05, 3.63) is 95.1 Å². The van der Waals surface area contributed by atoms with Crippen molar-refractivity contribution in [2.75, 3.05) is 5.73 Å². The minimum atomic E-state index is -0.000684. The molecule has 0 atom stereocenters. The number of rotatable bonds is 5. The highest BCUT2D eigenvalue weighted by Crippen LogP contribution is 2.37. The van der Waals surface area contributed by atoms with Gasteiger partial charge in [-0.2, -0.15) is 0 Å². The highest BCUT2D eigenvalue weighted by Gasteiger charge is 2.17. The number of aryl methyl sites for hydroxylation is 2. The summed E-state index contributed by atoms with van der Waals surface area (Å²) < 4.78 is 0. The first kappa shape index (κ1) is 22.1. The zero-order valence-electron chi connectivity index (χ0n) is 19.3. The van der Waals surface area contributed by atoms with Gasteiger partial charge < -0.3 is 15.9 Å². The lowest BCUT2D eigenvalue weighted by Crippen LogP contribution is -2.02. The minimum Gasteiger partial charge on any atom is -0.505 e. The molecule has 0 aliphatic rings. The van der Waals surface area contributed by atoms with Crippen LogP contribution >= 0.6 is 0 Å². The number of aromatic nitrogens is 3. The van der Waals surface area contributed by atoms with Crippen molar-refractivity contribution in [1.29, 1.82) is 0 Å². The van der Waals surface area contributed by atoms with Gasteiger partial charge in [0.2, 0.25) is 0 Å². The van der Waals surface area contributed by atoms with E-state index in [-0.39, 0.29) is 17.9 Å². The Balaban J connectivity index is 1.52. The van der Waals surface area contributed by atoms with Crippen molar-refractivity contribution in [2.24, 2.45) is 10.2 Å². The number of nitrogens with two attached hydrogens (primary N) is 1. The van der Waals surface area contributed by atoms with E-state index < -0.39 is 0 Å². The number of nitrogen functional groups attached to an aromatic ring is 1. The number of nitrogens with zero attached hydrogens (tertiary/aromatic N) is 5. The van der Waals surface area contributed by atoms with Crippen LogP contribution in [0.5, 0.6) is 11.5 Å². The lowest BCUT2D eigenvalue weighted by Gasteiger charge is -2.13. The Morgan fingerprint density at radius 2 is 1.31 bits per heavy atom. The van der Waals surface area contributed by atoms with E-state index in [9.17, 15) is 10.2 Å². The van der Waals surface area contributed by atoms with Crippen molar-refractivity contribution in [3.63, 3.8) is 0 Å². The van der Waals surface area contributed by atoms with Crippen LogP contribution in [0.3, 0.4) is 0 Å². The van der Waals surface area contributed by atoms with Gasteiger partial charge in [0.25, 0.3) is 0 Å². The Labute approximate surface area is 202 Å². The second-order valence-electron chi connectivity index (χ2n) is 8.50. The molecule has 0 bridgehead atoms. The van der Waals surface area contributed by atoms with Gasteiger partial charge in [-0.3, -0.25) is 0 Å². The molecular formula is C27H24N6O2. The van der Waals surface area contributed by atoms with Crippen molar-refractivity contribution in [2.45, 2.75) is 20.3 Å². The maximum Gasteiger partial charge on any atom is 0.146 e. The lowest BCUT2D eigenvalue weighted by atomic mass is 9.98. The predicted molar refractivity (Wildman–Crippen MR) is 136 cm³/mol. The second kappa shape index (κ2) is 8.90. The van der Waals surface area contributed by atoms with Gasteiger partial charge in [0.05, 0.1) is 5.69 Å². The van der Waals surface area contributed by atoms with Crippen LogP contribution in [-0.2, 0) is 6.42 Å². The molecule has 5 aromatic rings. The number of benzene rings is 4. The number of phenolic OH excluding ortho intramolecular Hbond substituents is 2. The molecule has 0 aliphatic heterocycles. The van der Waals surface area contributed by atoms with Gasteiger partial charge in [-0.1, -0.05) is 36.4 Å². The van der Waals surface area contributed by atoms with Gasteiger partial charge in [0, 0.05) is 17.5 Å². The molecule has 0 aliphatic carbocycles. The topological polar surface area (TPSA) is 122 Å². The summed E-state index contributed by atoms with van der Waals surface area (Å²) in [5, 5.41) is 39.5. The SMILES string of the molecule is Cc1cc(Cc2cc(C)cc(-n3nc4ccccc4n3)c2O)c(O)c(N=Nc2ccccc2N)c1. The zero-order chi connectivity index (χ0) is 24.5. The van der Waals surface area contributed by atoms with Gasteiger partial charge in [-0.15, -0.1) is 25.2 Å². The van der Waals surface area contributed by atoms with Crippen molar-refractivity contribution in [3.8, 4) is 17.2 Å². The van der Waals surface area contributed by atoms with E-state index in [1.54, 1.807) is 18.2 Å². The molecule has 35 heavy (non-hydrogen) atoms. The summed E-state index contributed by atoms with van der Waals surface area (Å²) in [7, 11) is 0. The van der Waals surface area contributed by atoms with E-state index in [1.165, 1.54) is 4.80 Å². The molecule has 0 fully saturated rings. The number of azo groups is 1. The molecule has 174 valence electrons. The molecule has 8 nitrogen and oxygen atoms in total. The summed E-state index contributed by atoms with van der Waals surface area (Å²) in [4.78, 5) is 1.44. The van der Waals surface area contributed by atoms with E-state index in [0.717, 1.165) is 22.2 Å². The average molecular weight is 465 g/mol. The molecule has 0 radical (unpaired) electrons.